The Morgan fingerprint density at radius 2 is 1.96 bits per heavy atom. The summed E-state index contributed by atoms with van der Waals surface area (Å²) in [5.74, 6) is 2.83. The fraction of sp³-hybridized carbons (Fsp3) is 0.600. The van der Waals surface area contributed by atoms with Crippen LogP contribution >= 0.6 is 12.4 Å². The van der Waals surface area contributed by atoms with Gasteiger partial charge in [0.25, 0.3) is 10.0 Å². The Balaban J connectivity index is 0.00000182. The molecule has 10 heteroatoms. The molecule has 2 aliphatic heterocycles. The van der Waals surface area contributed by atoms with Crippen LogP contribution < -0.4 is 5.32 Å². The third-order valence-electron chi connectivity index (χ3n) is 4.78. The number of nitrogens with zero attached hydrogens (tertiary/aromatic N) is 4. The molecule has 8 nitrogen and oxygen atoms in total. The van der Waals surface area contributed by atoms with E-state index < -0.39 is 10.0 Å². The van der Waals surface area contributed by atoms with Gasteiger partial charge < -0.3 is 14.3 Å². The number of sulfonamides is 1. The Hall–Kier alpha value is -1.42. The van der Waals surface area contributed by atoms with Crippen LogP contribution in [0.25, 0.3) is 0 Å². The lowest BCUT2D eigenvalue weighted by molar-refractivity contribution is 0.297. The smallest absolute Gasteiger partial charge is 0.276 e. The monoisotopic (exact) mass is 387 g/mol. The van der Waals surface area contributed by atoms with Gasteiger partial charge in [0.1, 0.15) is 17.4 Å². The van der Waals surface area contributed by atoms with E-state index in [1.807, 2.05) is 0 Å². The fourth-order valence-electron chi connectivity index (χ4n) is 3.45. The summed E-state index contributed by atoms with van der Waals surface area (Å²) in [4.78, 5) is 0. The number of hydrogen-bond donors (Lipinski definition) is 1. The van der Waals surface area contributed by atoms with Crippen molar-refractivity contribution in [2.24, 2.45) is 0 Å². The molecule has 1 fully saturated rings. The molecule has 0 radical (unpaired) electrons. The van der Waals surface area contributed by atoms with Gasteiger partial charge in [0.05, 0.1) is 6.54 Å². The number of nitrogens with one attached hydrogen (secondary N) is 1. The third kappa shape index (κ3) is 3.33. The predicted octanol–water partition coefficient (Wildman–Crippen LogP) is 1.27. The summed E-state index contributed by atoms with van der Waals surface area (Å²) >= 11 is 0. The highest BCUT2D eigenvalue weighted by atomic mass is 35.5. The number of halogens is 1. The van der Waals surface area contributed by atoms with Gasteiger partial charge in [-0.15, -0.1) is 22.6 Å². The first-order valence-corrected chi connectivity index (χ1v) is 9.69. The van der Waals surface area contributed by atoms with Crippen LogP contribution in [0.4, 0.5) is 0 Å². The SMILES string of the molecule is Cc1ccc(S(=O)(=O)N2CCC(c3nnc4n3CCNC4)CC2)o1.Cl. The predicted molar refractivity (Wildman–Crippen MR) is 93.2 cm³/mol. The van der Waals surface area contributed by atoms with Crippen molar-refractivity contribution in [2.45, 2.75) is 43.9 Å². The van der Waals surface area contributed by atoms with Crippen LogP contribution in [0.3, 0.4) is 0 Å². The van der Waals surface area contributed by atoms with E-state index in [-0.39, 0.29) is 23.4 Å². The second-order valence-corrected chi connectivity index (χ2v) is 8.22. The average Bonchev–Trinajstić information content (AvgIpc) is 3.21. The van der Waals surface area contributed by atoms with Crippen LogP contribution in [0.2, 0.25) is 0 Å². The molecule has 0 bridgehead atoms. The van der Waals surface area contributed by atoms with Gasteiger partial charge in [0.2, 0.25) is 5.09 Å². The maximum atomic E-state index is 12.6. The Labute approximate surface area is 153 Å². The highest BCUT2D eigenvalue weighted by Gasteiger charge is 2.34. The van der Waals surface area contributed by atoms with Gasteiger partial charge in [-0.25, -0.2) is 8.42 Å². The van der Waals surface area contributed by atoms with Crippen molar-refractivity contribution in [3.63, 3.8) is 0 Å². The van der Waals surface area contributed by atoms with Gasteiger partial charge in [-0.1, -0.05) is 0 Å². The molecule has 25 heavy (non-hydrogen) atoms. The maximum Gasteiger partial charge on any atom is 0.276 e. The van der Waals surface area contributed by atoms with Crippen LogP contribution in [0.5, 0.6) is 0 Å². The highest BCUT2D eigenvalue weighted by molar-refractivity contribution is 7.89. The normalized spacial score (nSPS) is 19.4. The van der Waals surface area contributed by atoms with Gasteiger partial charge in [-0.05, 0) is 31.9 Å². The molecular weight excluding hydrogens is 366 g/mol. The first kappa shape index (κ1) is 18.4. The highest BCUT2D eigenvalue weighted by Crippen LogP contribution is 2.30. The van der Waals surface area contributed by atoms with E-state index in [0.717, 1.165) is 44.1 Å². The lowest BCUT2D eigenvalue weighted by Crippen LogP contribution is -2.38. The Morgan fingerprint density at radius 3 is 2.64 bits per heavy atom. The molecule has 4 heterocycles. The minimum absolute atomic E-state index is 0. The quantitative estimate of drug-likeness (QED) is 0.852. The summed E-state index contributed by atoms with van der Waals surface area (Å²) in [5, 5.41) is 11.9. The fourth-order valence-corrected chi connectivity index (χ4v) is 4.87. The number of furan rings is 1. The zero-order chi connectivity index (χ0) is 16.7. The molecule has 2 aromatic heterocycles. The standard InChI is InChI=1S/C15H21N5O3S.ClH/c1-11-2-3-14(23-11)24(21,22)19-7-4-12(5-8-19)15-18-17-13-10-16-6-9-20(13)15;/h2-3,12,16H,4-10H2,1H3;1H. The molecule has 0 unspecified atom stereocenters. The summed E-state index contributed by atoms with van der Waals surface area (Å²) in [6, 6.07) is 3.20. The molecule has 4 rings (SSSR count). The molecule has 2 aromatic rings. The molecule has 0 aliphatic carbocycles. The summed E-state index contributed by atoms with van der Waals surface area (Å²) in [5.41, 5.74) is 0. The topological polar surface area (TPSA) is 93.3 Å². The molecule has 0 aromatic carbocycles. The van der Waals surface area contributed by atoms with Crippen molar-refractivity contribution in [3.05, 3.63) is 29.5 Å². The molecule has 0 atom stereocenters. The number of aryl methyl sites for hydroxylation is 1. The Kier molecular flexibility index (Phi) is 5.19. The van der Waals surface area contributed by atoms with Gasteiger partial charge >= 0.3 is 0 Å². The van der Waals surface area contributed by atoms with Crippen molar-refractivity contribution in [1.82, 2.24) is 24.4 Å². The third-order valence-corrected chi connectivity index (χ3v) is 6.55. The van der Waals surface area contributed by atoms with Crippen LogP contribution in [0, 0.1) is 6.92 Å². The zero-order valence-electron chi connectivity index (χ0n) is 14.0. The molecule has 0 saturated carbocycles. The minimum Gasteiger partial charge on any atom is -0.449 e. The number of fused-ring (bicyclic) bond motifs is 1. The van der Waals surface area contributed by atoms with E-state index in [2.05, 4.69) is 20.1 Å². The molecule has 0 amide bonds. The van der Waals surface area contributed by atoms with Gasteiger partial charge in [-0.3, -0.25) is 0 Å². The van der Waals surface area contributed by atoms with E-state index in [0.29, 0.717) is 18.8 Å². The first-order chi connectivity index (χ1) is 11.6. The summed E-state index contributed by atoms with van der Waals surface area (Å²) < 4.78 is 34.2. The Morgan fingerprint density at radius 1 is 1.20 bits per heavy atom. The van der Waals surface area contributed by atoms with Crippen LogP contribution in [0.15, 0.2) is 21.6 Å². The average molecular weight is 388 g/mol. The Bertz CT molecular complexity index is 839. The van der Waals surface area contributed by atoms with E-state index in [9.17, 15) is 8.42 Å². The van der Waals surface area contributed by atoms with Gasteiger partial charge in [-0.2, -0.15) is 4.31 Å². The largest absolute Gasteiger partial charge is 0.449 e. The molecule has 1 saturated heterocycles. The lowest BCUT2D eigenvalue weighted by atomic mass is 9.97. The number of piperidine rings is 1. The lowest BCUT2D eigenvalue weighted by Gasteiger charge is -2.30. The van der Waals surface area contributed by atoms with E-state index in [1.165, 1.54) is 10.4 Å². The van der Waals surface area contributed by atoms with Crippen molar-refractivity contribution in [2.75, 3.05) is 19.6 Å². The van der Waals surface area contributed by atoms with Gasteiger partial charge in [0.15, 0.2) is 0 Å². The minimum atomic E-state index is -3.54. The van der Waals surface area contributed by atoms with E-state index >= 15 is 0 Å². The van der Waals surface area contributed by atoms with Gasteiger partial charge in [0, 0.05) is 32.1 Å². The molecule has 1 N–H and O–H groups in total. The zero-order valence-corrected chi connectivity index (χ0v) is 15.6. The summed E-state index contributed by atoms with van der Waals surface area (Å²) in [6.07, 6.45) is 1.51. The van der Waals surface area contributed by atoms with Crippen molar-refractivity contribution >= 4 is 22.4 Å². The molecule has 138 valence electrons. The van der Waals surface area contributed by atoms with E-state index in [4.69, 9.17) is 4.42 Å². The van der Waals surface area contributed by atoms with Crippen molar-refractivity contribution < 1.29 is 12.8 Å². The molecule has 2 aliphatic rings. The molecule has 0 spiro atoms. The van der Waals surface area contributed by atoms with Crippen LogP contribution in [-0.4, -0.2) is 47.1 Å². The number of hydrogen-bond acceptors (Lipinski definition) is 6. The first-order valence-electron chi connectivity index (χ1n) is 8.25. The summed E-state index contributed by atoms with van der Waals surface area (Å²) in [6.45, 7) is 5.25. The summed E-state index contributed by atoms with van der Waals surface area (Å²) in [7, 11) is -3.54. The van der Waals surface area contributed by atoms with Crippen LogP contribution in [-0.2, 0) is 23.1 Å². The number of rotatable bonds is 3. The van der Waals surface area contributed by atoms with Crippen LogP contribution in [0.1, 0.15) is 36.2 Å². The number of aromatic nitrogens is 3. The maximum absolute atomic E-state index is 12.6. The second kappa shape index (κ2) is 7.06. The molecular formula is C15H22ClN5O3S. The second-order valence-electron chi connectivity index (χ2n) is 6.35. The van der Waals surface area contributed by atoms with Crippen molar-refractivity contribution in [3.8, 4) is 0 Å². The van der Waals surface area contributed by atoms with E-state index in [1.54, 1.807) is 13.0 Å². The van der Waals surface area contributed by atoms with Crippen molar-refractivity contribution in [1.29, 1.82) is 0 Å².